The van der Waals surface area contributed by atoms with Gasteiger partial charge in [0, 0.05) is 28.1 Å². The van der Waals surface area contributed by atoms with Crippen LogP contribution in [0.5, 0.6) is 0 Å². The highest BCUT2D eigenvalue weighted by atomic mass is 15.1. The lowest BCUT2D eigenvalue weighted by molar-refractivity contribution is 0.570. The monoisotopic (exact) mass is 1060 g/mol. The fourth-order valence-corrected chi connectivity index (χ4v) is 8.80. The average Bonchev–Trinajstić information content (AvgIpc) is 4.13. The summed E-state index contributed by atoms with van der Waals surface area (Å²) in [6, 6.07) is 46.3. The molecule has 0 bridgehead atoms. The number of pyridine rings is 1. The van der Waals surface area contributed by atoms with Crippen LogP contribution >= 0.6 is 0 Å². The highest BCUT2D eigenvalue weighted by molar-refractivity contribution is 5.83. The van der Waals surface area contributed by atoms with Crippen LogP contribution in [0.3, 0.4) is 0 Å². The van der Waals surface area contributed by atoms with Crippen LogP contribution in [0.1, 0.15) is 243 Å². The summed E-state index contributed by atoms with van der Waals surface area (Å²) in [5, 5.41) is 13.3. The molecule has 8 aromatic rings. The van der Waals surface area contributed by atoms with Crippen LogP contribution < -0.4 is 0 Å². The van der Waals surface area contributed by atoms with Crippen LogP contribution in [0.2, 0.25) is 0 Å². The van der Waals surface area contributed by atoms with Gasteiger partial charge in [-0.2, -0.15) is 5.10 Å². The molecule has 78 heavy (non-hydrogen) atoms. The zero-order valence-electron chi connectivity index (χ0n) is 54.6. The summed E-state index contributed by atoms with van der Waals surface area (Å²) in [5.41, 5.74) is 15.5. The normalized spacial score (nSPS) is 12.3. The van der Waals surface area contributed by atoms with Gasteiger partial charge >= 0.3 is 0 Å². The molecule has 0 radical (unpaired) electrons. The lowest BCUT2D eigenvalue weighted by Crippen LogP contribution is -2.13. The smallest absolute Gasteiger partial charge is 0.0650 e. The van der Waals surface area contributed by atoms with E-state index in [-0.39, 0.29) is 16.2 Å². The van der Waals surface area contributed by atoms with E-state index in [0.29, 0.717) is 10.8 Å². The van der Waals surface area contributed by atoms with Crippen molar-refractivity contribution < 1.29 is 0 Å². The Labute approximate surface area is 480 Å². The van der Waals surface area contributed by atoms with E-state index in [1.54, 1.807) is 22.3 Å². The number of nitrogens with zero attached hydrogens (tertiary/aromatic N) is 2. The number of benzene rings is 6. The highest BCUT2D eigenvalue weighted by Crippen LogP contribution is 2.31. The summed E-state index contributed by atoms with van der Waals surface area (Å²) in [6.07, 6.45) is 13.1. The quantitative estimate of drug-likeness (QED) is 0.164. The topological polar surface area (TPSA) is 41.6 Å². The molecule has 2 aromatic heterocycles. The number of hydrogen-bond donors (Lipinski definition) is 1. The Morgan fingerprint density at radius 2 is 0.667 bits per heavy atom. The third kappa shape index (κ3) is 22.7. The van der Waals surface area contributed by atoms with Crippen molar-refractivity contribution in [2.24, 2.45) is 0 Å². The third-order valence-corrected chi connectivity index (χ3v) is 13.5. The minimum atomic E-state index is 0.129. The number of hydrogen-bond acceptors (Lipinski definition) is 2. The van der Waals surface area contributed by atoms with E-state index in [9.17, 15) is 0 Å². The predicted octanol–water partition coefficient (Wildman–Crippen LogP) is 23.0. The van der Waals surface area contributed by atoms with Gasteiger partial charge in [-0.1, -0.05) is 282 Å². The third-order valence-electron chi connectivity index (χ3n) is 13.5. The van der Waals surface area contributed by atoms with Crippen LogP contribution in [-0.2, 0) is 52.8 Å². The Balaban J connectivity index is 0.000000468. The van der Waals surface area contributed by atoms with Crippen molar-refractivity contribution in [3.8, 4) is 0 Å². The van der Waals surface area contributed by atoms with Gasteiger partial charge in [-0.15, -0.1) is 0 Å². The van der Waals surface area contributed by atoms with Crippen LogP contribution in [-0.4, -0.2) is 15.2 Å². The molecule has 10 rings (SSSR count). The van der Waals surface area contributed by atoms with Crippen LogP contribution in [0.25, 0.3) is 32.4 Å². The maximum atomic E-state index is 4.48. The standard InChI is InChI=1S/C14H20.C14H16.C13H15N.C13H18.C11H14N2.5C2H6/c2*1-14(2,3)13-9-8-11-6-4-5-7-12(11)10-13;1-13(2,3)12-8-10-6-4-5-7-11(10)9-14-12;1-13(2,3)12-8-7-10-5-4-6-11(10)9-12;1-11(2,3)9-4-5-10-8(6-9)7-12-13-10;5*1-2/h8-10H,4-7H2,1-3H3;4-10H,1-3H3;4-9H,1-3H3;7-9H,4-6H2,1-3H3;4-7H,1-3H3,(H,12,13);5*1-2H3. The van der Waals surface area contributed by atoms with Crippen LogP contribution in [0, 0.1) is 0 Å². The van der Waals surface area contributed by atoms with E-state index in [2.05, 4.69) is 240 Å². The zero-order chi connectivity index (χ0) is 59.5. The minimum Gasteiger partial charge on any atom is -0.278 e. The summed E-state index contributed by atoms with van der Waals surface area (Å²) in [6.45, 7) is 53.7. The number of nitrogens with one attached hydrogen (secondary N) is 1. The molecule has 0 spiro atoms. The molecular weight excluding hydrogens is 943 g/mol. The lowest BCUT2D eigenvalue weighted by Gasteiger charge is -2.23. The van der Waals surface area contributed by atoms with E-state index >= 15 is 0 Å². The van der Waals surface area contributed by atoms with Crippen LogP contribution in [0.15, 0.2) is 140 Å². The number of rotatable bonds is 0. The average molecular weight is 1060 g/mol. The van der Waals surface area contributed by atoms with E-state index in [1.165, 1.54) is 94.1 Å². The molecule has 0 amide bonds. The Morgan fingerprint density at radius 3 is 1.13 bits per heavy atom. The van der Waals surface area contributed by atoms with Gasteiger partial charge in [0.15, 0.2) is 0 Å². The first-order valence-corrected chi connectivity index (χ1v) is 30.4. The Kier molecular flexibility index (Phi) is 30.5. The molecule has 428 valence electrons. The largest absolute Gasteiger partial charge is 0.278 e. The predicted molar refractivity (Wildman–Crippen MR) is 354 cm³/mol. The Hall–Kier alpha value is -5.54. The number of fused-ring (bicyclic) bond motifs is 5. The zero-order valence-corrected chi connectivity index (χ0v) is 54.6. The van der Waals surface area contributed by atoms with Crippen molar-refractivity contribution in [3.05, 3.63) is 190 Å². The summed E-state index contributed by atoms with van der Waals surface area (Å²) >= 11 is 0. The van der Waals surface area contributed by atoms with Crippen LogP contribution in [0.4, 0.5) is 0 Å². The van der Waals surface area contributed by atoms with Crippen molar-refractivity contribution in [1.82, 2.24) is 15.2 Å². The van der Waals surface area contributed by atoms with Gasteiger partial charge in [0.05, 0.1) is 11.7 Å². The van der Waals surface area contributed by atoms with E-state index in [1.807, 2.05) is 87.7 Å². The number of aromatic amines is 1. The lowest BCUT2D eigenvalue weighted by atomic mass is 9.82. The Morgan fingerprint density at radius 1 is 0.308 bits per heavy atom. The summed E-state index contributed by atoms with van der Waals surface area (Å²) < 4.78 is 0. The minimum absolute atomic E-state index is 0.129. The molecule has 1 N–H and O–H groups in total. The molecule has 0 unspecified atom stereocenters. The Bertz CT molecular complexity index is 2800. The van der Waals surface area contributed by atoms with Gasteiger partial charge in [0.2, 0.25) is 0 Å². The maximum Gasteiger partial charge on any atom is 0.0650 e. The SMILES string of the molecule is CC.CC.CC.CC.CC.CC(C)(C)c1cc2ccccc2cn1.CC(C)(C)c1ccc2[nH]ncc2c1.CC(C)(C)c1ccc2c(c1)CCC2.CC(C)(C)c1ccc2c(c1)CCCC2.CC(C)(C)c1ccc2ccccc2c1. The van der Waals surface area contributed by atoms with Gasteiger partial charge in [0.25, 0.3) is 0 Å². The second-order valence-electron chi connectivity index (χ2n) is 24.4. The highest BCUT2D eigenvalue weighted by Gasteiger charge is 2.20. The molecule has 3 heteroatoms. The van der Waals surface area contributed by atoms with Crippen molar-refractivity contribution in [2.75, 3.05) is 0 Å². The first kappa shape index (κ1) is 70.5. The first-order valence-electron chi connectivity index (χ1n) is 30.4. The van der Waals surface area contributed by atoms with Crippen molar-refractivity contribution in [1.29, 1.82) is 0 Å². The summed E-state index contributed by atoms with van der Waals surface area (Å²) in [5.74, 6) is 0. The van der Waals surface area contributed by atoms with Gasteiger partial charge < -0.3 is 0 Å². The number of H-pyrrole nitrogens is 1. The van der Waals surface area contributed by atoms with Gasteiger partial charge in [-0.05, 0) is 145 Å². The molecule has 3 nitrogen and oxygen atoms in total. The van der Waals surface area contributed by atoms with Gasteiger partial charge in [-0.3, -0.25) is 10.1 Å². The molecule has 0 atom stereocenters. The van der Waals surface area contributed by atoms with Crippen molar-refractivity contribution >= 4 is 32.4 Å². The number of aryl methyl sites for hydroxylation is 4. The van der Waals surface area contributed by atoms with E-state index < -0.39 is 0 Å². The fraction of sp³-hybridized carbons (Fsp3) is 0.493. The van der Waals surface area contributed by atoms with Crippen molar-refractivity contribution in [3.63, 3.8) is 0 Å². The molecule has 0 saturated heterocycles. The molecule has 6 aromatic carbocycles. The molecular formula is C75H113N3. The second kappa shape index (κ2) is 33.8. The second-order valence-corrected chi connectivity index (χ2v) is 24.4. The molecule has 0 aliphatic heterocycles. The maximum absolute atomic E-state index is 4.48. The molecule has 0 fully saturated rings. The molecule has 0 saturated carbocycles. The summed E-state index contributed by atoms with van der Waals surface area (Å²) in [4.78, 5) is 4.48. The first-order chi connectivity index (χ1) is 36.9. The number of aromatic nitrogens is 3. The van der Waals surface area contributed by atoms with Gasteiger partial charge in [0.1, 0.15) is 0 Å². The van der Waals surface area contributed by atoms with Gasteiger partial charge in [-0.25, -0.2) is 0 Å². The molecule has 2 aliphatic carbocycles. The van der Waals surface area contributed by atoms with Crippen molar-refractivity contribution in [2.45, 2.75) is 245 Å². The fourth-order valence-electron chi connectivity index (χ4n) is 8.80. The summed E-state index contributed by atoms with van der Waals surface area (Å²) in [7, 11) is 0. The molecule has 2 aliphatic rings. The van der Waals surface area contributed by atoms with E-state index in [0.717, 1.165) is 11.2 Å². The molecule has 2 heterocycles. The van der Waals surface area contributed by atoms with E-state index in [4.69, 9.17) is 0 Å².